The van der Waals surface area contributed by atoms with Gasteiger partial charge in [0.1, 0.15) is 6.54 Å². The van der Waals surface area contributed by atoms with E-state index >= 15 is 0 Å². The van der Waals surface area contributed by atoms with Crippen LogP contribution in [0, 0.1) is 0 Å². The van der Waals surface area contributed by atoms with E-state index in [2.05, 4.69) is 33.9 Å². The van der Waals surface area contributed by atoms with Crippen LogP contribution in [0.2, 0.25) is 18.1 Å². The van der Waals surface area contributed by atoms with Crippen molar-refractivity contribution >= 4 is 20.2 Å². The van der Waals surface area contributed by atoms with Crippen molar-refractivity contribution < 1.29 is 19.1 Å². The lowest BCUT2D eigenvalue weighted by molar-refractivity contribution is -0.144. The first-order chi connectivity index (χ1) is 8.54. The van der Waals surface area contributed by atoms with Gasteiger partial charge in [-0.25, -0.2) is 0 Å². The van der Waals surface area contributed by atoms with E-state index in [0.29, 0.717) is 19.4 Å². The number of hydrogen-bond acceptors (Lipinski definition) is 3. The fraction of sp³-hybridized carbons (Fsp3) is 0.846. The molecule has 1 heterocycles. The molecule has 0 aromatic heterocycles. The zero-order chi connectivity index (χ0) is 14.8. The summed E-state index contributed by atoms with van der Waals surface area (Å²) in [5, 5.41) is 8.96. The Bertz CT molecular complexity index is 362. The van der Waals surface area contributed by atoms with Gasteiger partial charge in [-0.15, -0.1) is 0 Å². The monoisotopic (exact) mass is 287 g/mol. The van der Waals surface area contributed by atoms with Crippen LogP contribution in [0.15, 0.2) is 0 Å². The normalized spacial score (nSPS) is 21.0. The van der Waals surface area contributed by atoms with Crippen molar-refractivity contribution in [3.8, 4) is 0 Å². The van der Waals surface area contributed by atoms with Crippen LogP contribution in [0.1, 0.15) is 33.6 Å². The summed E-state index contributed by atoms with van der Waals surface area (Å²) < 4.78 is 6.09. The molecule has 1 fully saturated rings. The molecule has 1 aliphatic heterocycles. The zero-order valence-corrected chi connectivity index (χ0v) is 13.5. The van der Waals surface area contributed by atoms with Crippen molar-refractivity contribution in [2.75, 3.05) is 13.2 Å². The fourth-order valence-corrected chi connectivity index (χ4v) is 2.89. The Labute approximate surface area is 116 Å². The van der Waals surface area contributed by atoms with Crippen LogP contribution < -0.4 is 0 Å². The Balaban J connectivity index is 2.62. The molecule has 19 heavy (non-hydrogen) atoms. The van der Waals surface area contributed by atoms with Crippen molar-refractivity contribution in [3.05, 3.63) is 0 Å². The predicted octanol–water partition coefficient (Wildman–Crippen LogP) is 2.08. The molecule has 0 aliphatic carbocycles. The Kier molecular flexibility index (Phi) is 4.79. The molecule has 1 aliphatic rings. The van der Waals surface area contributed by atoms with Crippen molar-refractivity contribution in [1.29, 1.82) is 0 Å². The summed E-state index contributed by atoms with van der Waals surface area (Å²) in [6.07, 6.45) is 1.12. The Morgan fingerprint density at radius 3 is 2.53 bits per heavy atom. The third kappa shape index (κ3) is 4.04. The Morgan fingerprint density at radius 1 is 1.47 bits per heavy atom. The smallest absolute Gasteiger partial charge is 0.323 e. The summed E-state index contributed by atoms with van der Waals surface area (Å²) in [7, 11) is -1.85. The van der Waals surface area contributed by atoms with E-state index in [-0.39, 0.29) is 23.5 Å². The molecule has 1 rings (SSSR count). The van der Waals surface area contributed by atoms with Gasteiger partial charge in [0.25, 0.3) is 0 Å². The van der Waals surface area contributed by atoms with Crippen LogP contribution in [0.5, 0.6) is 0 Å². The highest BCUT2D eigenvalue weighted by molar-refractivity contribution is 6.74. The minimum absolute atomic E-state index is 0.0776. The third-order valence-electron chi connectivity index (χ3n) is 4.20. The Morgan fingerprint density at radius 2 is 2.05 bits per heavy atom. The van der Waals surface area contributed by atoms with Crippen LogP contribution in [-0.4, -0.2) is 49.4 Å². The second-order valence-corrected chi connectivity index (χ2v) is 11.5. The summed E-state index contributed by atoms with van der Waals surface area (Å²) in [4.78, 5) is 23.9. The molecule has 0 saturated carbocycles. The summed E-state index contributed by atoms with van der Waals surface area (Å²) in [5.74, 6) is -1.04. The maximum atomic E-state index is 11.7. The molecule has 0 aromatic rings. The van der Waals surface area contributed by atoms with Crippen molar-refractivity contribution in [1.82, 2.24) is 4.90 Å². The minimum atomic E-state index is -1.85. The number of aliphatic carboxylic acids is 1. The predicted molar refractivity (Wildman–Crippen MR) is 75.5 cm³/mol. The molecular weight excluding hydrogens is 262 g/mol. The van der Waals surface area contributed by atoms with Gasteiger partial charge in [-0.1, -0.05) is 20.8 Å². The van der Waals surface area contributed by atoms with Gasteiger partial charge in [-0.2, -0.15) is 0 Å². The van der Waals surface area contributed by atoms with Crippen LogP contribution >= 0.6 is 0 Å². The van der Waals surface area contributed by atoms with Crippen LogP contribution in [-0.2, 0) is 14.0 Å². The number of hydrogen-bond donors (Lipinski definition) is 1. The first-order valence-electron chi connectivity index (χ1n) is 6.70. The van der Waals surface area contributed by atoms with E-state index in [1.54, 1.807) is 0 Å². The largest absolute Gasteiger partial charge is 0.480 e. The second kappa shape index (κ2) is 5.62. The van der Waals surface area contributed by atoms with Crippen molar-refractivity contribution in [2.45, 2.75) is 57.8 Å². The molecule has 1 amide bonds. The molecule has 0 spiro atoms. The number of rotatable bonds is 5. The number of carbonyl (C=O) groups is 2. The second-order valence-electron chi connectivity index (χ2n) is 6.68. The number of carboxylic acids is 1. The maximum Gasteiger partial charge on any atom is 0.323 e. The molecule has 5 nitrogen and oxygen atoms in total. The quantitative estimate of drug-likeness (QED) is 0.786. The summed E-state index contributed by atoms with van der Waals surface area (Å²) in [5.41, 5.74) is 0. The summed E-state index contributed by atoms with van der Waals surface area (Å²) in [6.45, 7) is 11.0. The average molecular weight is 287 g/mol. The Hall–Kier alpha value is -0.883. The molecule has 1 atom stereocenters. The molecule has 110 valence electrons. The van der Waals surface area contributed by atoms with Crippen LogP contribution in [0.3, 0.4) is 0 Å². The van der Waals surface area contributed by atoms with Crippen molar-refractivity contribution in [2.24, 2.45) is 0 Å². The first kappa shape index (κ1) is 16.2. The molecule has 0 bridgehead atoms. The van der Waals surface area contributed by atoms with Gasteiger partial charge in [0.2, 0.25) is 5.91 Å². The molecule has 1 saturated heterocycles. The molecule has 6 heteroatoms. The number of amides is 1. The van der Waals surface area contributed by atoms with Gasteiger partial charge >= 0.3 is 5.97 Å². The fourth-order valence-electron chi connectivity index (χ4n) is 1.85. The van der Waals surface area contributed by atoms with E-state index in [4.69, 9.17) is 9.53 Å². The number of carboxylic acid groups (broad SMARTS) is 1. The lowest BCUT2D eigenvalue weighted by Crippen LogP contribution is -2.46. The first-order valence-corrected chi connectivity index (χ1v) is 9.60. The molecule has 0 radical (unpaired) electrons. The molecule has 1 N–H and O–H groups in total. The average Bonchev–Trinajstić information content (AvgIpc) is 2.55. The van der Waals surface area contributed by atoms with E-state index in [1.807, 2.05) is 0 Å². The third-order valence-corrected chi connectivity index (χ3v) is 8.70. The summed E-state index contributed by atoms with van der Waals surface area (Å²) in [6, 6.07) is -0.0854. The SMILES string of the molecule is CC(C)(C)[Si](C)(C)OC[C@H]1CCC(=O)N1CC(=O)O. The zero-order valence-electron chi connectivity index (χ0n) is 12.5. The van der Waals surface area contributed by atoms with E-state index in [0.717, 1.165) is 0 Å². The summed E-state index contributed by atoms with van der Waals surface area (Å²) >= 11 is 0. The van der Waals surface area contributed by atoms with Crippen LogP contribution in [0.4, 0.5) is 0 Å². The highest BCUT2D eigenvalue weighted by Gasteiger charge is 2.39. The lowest BCUT2D eigenvalue weighted by atomic mass is 10.2. The number of nitrogens with zero attached hydrogens (tertiary/aromatic N) is 1. The van der Waals surface area contributed by atoms with Gasteiger partial charge < -0.3 is 14.4 Å². The van der Waals surface area contributed by atoms with E-state index in [9.17, 15) is 9.59 Å². The highest BCUT2D eigenvalue weighted by Crippen LogP contribution is 2.37. The van der Waals surface area contributed by atoms with E-state index in [1.165, 1.54) is 4.90 Å². The topological polar surface area (TPSA) is 66.8 Å². The highest BCUT2D eigenvalue weighted by atomic mass is 28.4. The lowest BCUT2D eigenvalue weighted by Gasteiger charge is -2.37. The van der Waals surface area contributed by atoms with Gasteiger partial charge in [0, 0.05) is 6.42 Å². The number of carbonyl (C=O) groups excluding carboxylic acids is 1. The van der Waals surface area contributed by atoms with Crippen LogP contribution in [0.25, 0.3) is 0 Å². The number of likely N-dealkylation sites (tertiary alicyclic amines) is 1. The van der Waals surface area contributed by atoms with Gasteiger partial charge in [0.05, 0.1) is 12.6 Å². The standard InChI is InChI=1S/C13H25NO4Si/c1-13(2,3)19(4,5)18-9-10-6-7-11(15)14(10)8-12(16)17/h10H,6-9H2,1-5H3,(H,16,17)/t10-/m1/s1. The molecular formula is C13H25NO4Si. The van der Waals surface area contributed by atoms with Crippen molar-refractivity contribution in [3.63, 3.8) is 0 Å². The van der Waals surface area contributed by atoms with Gasteiger partial charge in [0.15, 0.2) is 8.32 Å². The maximum absolute atomic E-state index is 11.7. The molecule has 0 aromatic carbocycles. The van der Waals surface area contributed by atoms with Gasteiger partial charge in [-0.3, -0.25) is 9.59 Å². The van der Waals surface area contributed by atoms with Gasteiger partial charge in [-0.05, 0) is 24.6 Å². The van der Waals surface area contributed by atoms with E-state index < -0.39 is 14.3 Å². The molecule has 0 unspecified atom stereocenters. The minimum Gasteiger partial charge on any atom is -0.480 e.